The molecule has 30 heavy (non-hydrogen) atoms. The molecule has 0 unspecified atom stereocenters. The van der Waals surface area contributed by atoms with Crippen molar-refractivity contribution >= 4 is 22.3 Å². The molecule has 2 heterocycles. The molecule has 2 aromatic carbocycles. The number of nitrogens with zero attached hydrogens (tertiary/aromatic N) is 4. The summed E-state index contributed by atoms with van der Waals surface area (Å²) in [6.45, 7) is 6.03. The van der Waals surface area contributed by atoms with Crippen LogP contribution in [0.25, 0.3) is 10.9 Å². The minimum atomic E-state index is -0.443. The fourth-order valence-electron chi connectivity index (χ4n) is 3.87. The lowest BCUT2D eigenvalue weighted by Gasteiger charge is -2.38. The SMILES string of the molecule is CC(C)Oc1cc(F)cc2c(N3CCN(c4ccccc4F)CC3)c(C#N)cnc12. The molecule has 1 aliphatic rings. The van der Waals surface area contributed by atoms with Crippen LogP contribution in [0.4, 0.5) is 20.2 Å². The van der Waals surface area contributed by atoms with E-state index in [9.17, 15) is 14.0 Å². The molecule has 4 rings (SSSR count). The van der Waals surface area contributed by atoms with Crippen LogP contribution in [0, 0.1) is 23.0 Å². The van der Waals surface area contributed by atoms with Gasteiger partial charge in [-0.1, -0.05) is 12.1 Å². The number of piperazine rings is 1. The third-order valence-corrected chi connectivity index (χ3v) is 5.14. The van der Waals surface area contributed by atoms with E-state index in [1.54, 1.807) is 12.1 Å². The minimum Gasteiger partial charge on any atom is -0.489 e. The van der Waals surface area contributed by atoms with Gasteiger partial charge in [0.2, 0.25) is 0 Å². The predicted octanol–water partition coefficient (Wildman–Crippen LogP) is 4.50. The molecule has 1 aromatic heterocycles. The maximum atomic E-state index is 14.4. The molecule has 154 valence electrons. The molecule has 5 nitrogen and oxygen atoms in total. The van der Waals surface area contributed by atoms with Crippen molar-refractivity contribution in [2.24, 2.45) is 0 Å². The first-order valence-electron chi connectivity index (χ1n) is 9.91. The summed E-state index contributed by atoms with van der Waals surface area (Å²) in [5, 5.41) is 10.2. The third kappa shape index (κ3) is 3.73. The number of hydrogen-bond donors (Lipinski definition) is 0. The number of anilines is 2. The Balaban J connectivity index is 1.71. The van der Waals surface area contributed by atoms with Crippen molar-refractivity contribution < 1.29 is 13.5 Å². The smallest absolute Gasteiger partial charge is 0.148 e. The summed E-state index contributed by atoms with van der Waals surface area (Å²) in [7, 11) is 0. The lowest BCUT2D eigenvalue weighted by atomic mass is 10.1. The third-order valence-electron chi connectivity index (χ3n) is 5.14. The number of ether oxygens (including phenoxy) is 1. The van der Waals surface area contributed by atoms with Crippen LogP contribution in [-0.2, 0) is 0 Å². The standard InChI is InChI=1S/C23H22F2N4O/c1-15(2)30-21-12-17(24)11-18-22(21)27-14-16(13-26)23(18)29-9-7-28(8-10-29)20-6-4-3-5-19(20)25/h3-6,11-12,14-15H,7-10H2,1-2H3. The molecule has 0 spiro atoms. The summed E-state index contributed by atoms with van der Waals surface area (Å²) in [5.74, 6) is -0.340. The number of benzene rings is 2. The van der Waals surface area contributed by atoms with E-state index < -0.39 is 5.82 Å². The Morgan fingerprint density at radius 2 is 1.77 bits per heavy atom. The molecule has 0 aliphatic carbocycles. The van der Waals surface area contributed by atoms with Crippen LogP contribution in [0.5, 0.6) is 5.75 Å². The van der Waals surface area contributed by atoms with Crippen LogP contribution in [-0.4, -0.2) is 37.3 Å². The summed E-state index contributed by atoms with van der Waals surface area (Å²) in [6, 6.07) is 11.6. The first-order valence-corrected chi connectivity index (χ1v) is 9.91. The molecule has 1 saturated heterocycles. The maximum absolute atomic E-state index is 14.4. The van der Waals surface area contributed by atoms with E-state index in [1.807, 2.05) is 29.7 Å². The summed E-state index contributed by atoms with van der Waals surface area (Å²) >= 11 is 0. The zero-order valence-electron chi connectivity index (χ0n) is 16.9. The Kier molecular flexibility index (Phi) is 5.40. The van der Waals surface area contributed by atoms with Crippen LogP contribution >= 0.6 is 0 Å². The van der Waals surface area contributed by atoms with Gasteiger partial charge in [-0.15, -0.1) is 0 Å². The molecule has 0 saturated carbocycles. The fourth-order valence-corrected chi connectivity index (χ4v) is 3.87. The number of pyridine rings is 1. The molecule has 3 aromatic rings. The van der Waals surface area contributed by atoms with E-state index in [0.717, 1.165) is 0 Å². The Hall–Kier alpha value is -3.40. The average Bonchev–Trinajstić information content (AvgIpc) is 2.73. The first kappa shape index (κ1) is 19.9. The van der Waals surface area contributed by atoms with Crippen molar-refractivity contribution in [1.29, 1.82) is 5.26 Å². The average molecular weight is 408 g/mol. The summed E-state index contributed by atoms with van der Waals surface area (Å²) < 4.78 is 34.3. The van der Waals surface area contributed by atoms with Crippen LogP contribution in [0.15, 0.2) is 42.6 Å². The largest absolute Gasteiger partial charge is 0.489 e. The quantitative estimate of drug-likeness (QED) is 0.636. The van der Waals surface area contributed by atoms with Gasteiger partial charge in [0.1, 0.15) is 29.0 Å². The Labute approximate surface area is 174 Å². The van der Waals surface area contributed by atoms with Crippen molar-refractivity contribution in [2.75, 3.05) is 36.0 Å². The summed E-state index contributed by atoms with van der Waals surface area (Å²) in [5.41, 5.74) is 2.11. The highest BCUT2D eigenvalue weighted by Gasteiger charge is 2.24. The minimum absolute atomic E-state index is 0.139. The van der Waals surface area contributed by atoms with E-state index >= 15 is 0 Å². The van der Waals surface area contributed by atoms with Gasteiger partial charge in [-0.2, -0.15) is 5.26 Å². The highest BCUT2D eigenvalue weighted by Crippen LogP contribution is 2.36. The van der Waals surface area contributed by atoms with Gasteiger partial charge in [-0.25, -0.2) is 8.78 Å². The number of aromatic nitrogens is 1. The van der Waals surface area contributed by atoms with Crippen molar-refractivity contribution in [2.45, 2.75) is 20.0 Å². The molecule has 0 atom stereocenters. The lowest BCUT2D eigenvalue weighted by Crippen LogP contribution is -2.47. The molecule has 0 bridgehead atoms. The number of halogens is 2. The molecule has 0 amide bonds. The van der Waals surface area contributed by atoms with Crippen LogP contribution in [0.1, 0.15) is 19.4 Å². The van der Waals surface area contributed by atoms with Crippen molar-refractivity contribution in [3.05, 3.63) is 59.8 Å². The van der Waals surface area contributed by atoms with Gasteiger partial charge in [-0.05, 0) is 32.0 Å². The highest BCUT2D eigenvalue weighted by molar-refractivity contribution is 5.97. The lowest BCUT2D eigenvalue weighted by molar-refractivity contribution is 0.244. The second-order valence-electron chi connectivity index (χ2n) is 7.52. The van der Waals surface area contributed by atoms with Crippen LogP contribution in [0.3, 0.4) is 0 Å². The van der Waals surface area contributed by atoms with E-state index in [2.05, 4.69) is 11.1 Å². The zero-order chi connectivity index (χ0) is 21.3. The zero-order valence-corrected chi connectivity index (χ0v) is 16.9. The van der Waals surface area contributed by atoms with Crippen molar-refractivity contribution in [3.63, 3.8) is 0 Å². The monoisotopic (exact) mass is 408 g/mol. The Morgan fingerprint density at radius 1 is 1.07 bits per heavy atom. The van der Waals surface area contributed by atoms with Gasteiger partial charge in [0, 0.05) is 43.8 Å². The second kappa shape index (κ2) is 8.15. The molecule has 1 aliphatic heterocycles. The molecule has 0 radical (unpaired) electrons. The number of fused-ring (bicyclic) bond motifs is 1. The summed E-state index contributed by atoms with van der Waals surface area (Å²) in [6.07, 6.45) is 1.37. The molecular weight excluding hydrogens is 386 g/mol. The van der Waals surface area contributed by atoms with Gasteiger partial charge < -0.3 is 14.5 Å². The van der Waals surface area contributed by atoms with Crippen molar-refractivity contribution in [3.8, 4) is 11.8 Å². The molecule has 7 heteroatoms. The van der Waals surface area contributed by atoms with Gasteiger partial charge in [0.15, 0.2) is 0 Å². The summed E-state index contributed by atoms with van der Waals surface area (Å²) in [4.78, 5) is 8.40. The number of para-hydroxylation sites is 1. The number of nitriles is 1. The van der Waals surface area contributed by atoms with Crippen molar-refractivity contribution in [1.82, 2.24) is 4.98 Å². The predicted molar refractivity (Wildman–Crippen MR) is 113 cm³/mol. The van der Waals surface area contributed by atoms with E-state index in [1.165, 1.54) is 24.4 Å². The molecular formula is C23H22F2N4O. The van der Waals surface area contributed by atoms with E-state index in [4.69, 9.17) is 4.74 Å². The van der Waals surface area contributed by atoms with E-state index in [0.29, 0.717) is 59.8 Å². The topological polar surface area (TPSA) is 52.4 Å². The van der Waals surface area contributed by atoms with E-state index in [-0.39, 0.29) is 11.9 Å². The fraction of sp³-hybridized carbons (Fsp3) is 0.304. The van der Waals surface area contributed by atoms with Crippen LogP contribution in [0.2, 0.25) is 0 Å². The number of rotatable bonds is 4. The second-order valence-corrected chi connectivity index (χ2v) is 7.52. The first-order chi connectivity index (χ1) is 14.5. The van der Waals surface area contributed by atoms with Gasteiger partial charge in [0.05, 0.1) is 23.0 Å². The van der Waals surface area contributed by atoms with Gasteiger partial charge >= 0.3 is 0 Å². The Morgan fingerprint density at radius 3 is 2.43 bits per heavy atom. The van der Waals surface area contributed by atoms with Gasteiger partial charge in [-0.3, -0.25) is 4.98 Å². The van der Waals surface area contributed by atoms with Crippen LogP contribution < -0.4 is 14.5 Å². The molecule has 0 N–H and O–H groups in total. The highest BCUT2D eigenvalue weighted by atomic mass is 19.1. The number of hydrogen-bond acceptors (Lipinski definition) is 5. The Bertz CT molecular complexity index is 1120. The molecule has 1 fully saturated rings. The van der Waals surface area contributed by atoms with Gasteiger partial charge in [0.25, 0.3) is 0 Å². The maximum Gasteiger partial charge on any atom is 0.148 e. The normalized spacial score (nSPS) is 14.3.